The van der Waals surface area contributed by atoms with Crippen molar-refractivity contribution in [1.82, 2.24) is 4.90 Å². The van der Waals surface area contributed by atoms with Crippen molar-refractivity contribution >= 4 is 22.2 Å². The lowest BCUT2D eigenvalue weighted by Gasteiger charge is -2.23. The number of hydrogen-bond acceptors (Lipinski definition) is 8. The number of benzene rings is 1. The number of nitrogens with zero attached hydrogens (tertiary/aromatic N) is 1. The number of amides is 1. The molecule has 28 heavy (non-hydrogen) atoms. The van der Waals surface area contributed by atoms with Crippen LogP contribution in [0.25, 0.3) is 0 Å². The molecule has 1 aromatic rings. The topological polar surface area (TPSA) is 108 Å². The molecule has 1 saturated heterocycles. The Hall–Kier alpha value is -2.17. The third-order valence-electron chi connectivity index (χ3n) is 3.96. The molecule has 0 bridgehead atoms. The molecule has 156 valence electrons. The fourth-order valence-electron chi connectivity index (χ4n) is 2.86. The summed E-state index contributed by atoms with van der Waals surface area (Å²) in [4.78, 5) is 25.2. The van der Waals surface area contributed by atoms with E-state index in [1.54, 1.807) is 6.92 Å². The lowest BCUT2D eigenvalue weighted by atomic mass is 10.2. The molecule has 1 heterocycles. The predicted octanol–water partition coefficient (Wildman–Crippen LogP) is 1.32. The summed E-state index contributed by atoms with van der Waals surface area (Å²) in [5, 5.41) is 0. The van der Waals surface area contributed by atoms with E-state index in [1.165, 1.54) is 4.90 Å². The van der Waals surface area contributed by atoms with E-state index in [9.17, 15) is 18.0 Å². The van der Waals surface area contributed by atoms with Crippen LogP contribution in [-0.4, -0.2) is 70.1 Å². The van der Waals surface area contributed by atoms with Gasteiger partial charge in [0.05, 0.1) is 38.2 Å². The Bertz CT molecular complexity index is 752. The predicted molar refractivity (Wildman–Crippen MR) is 98.9 cm³/mol. The Morgan fingerprint density at radius 3 is 2.54 bits per heavy atom. The summed E-state index contributed by atoms with van der Waals surface area (Å²) < 4.78 is 43.3. The first-order valence-electron chi connectivity index (χ1n) is 8.87. The van der Waals surface area contributed by atoms with Crippen LogP contribution in [0, 0.1) is 0 Å². The van der Waals surface area contributed by atoms with E-state index in [2.05, 4.69) is 0 Å². The molecule has 0 radical (unpaired) electrons. The average Bonchev–Trinajstić information content (AvgIpc) is 3.01. The van der Waals surface area contributed by atoms with Crippen LogP contribution in [-0.2, 0) is 39.9 Å². The molecule has 1 amide bonds. The quantitative estimate of drug-likeness (QED) is 0.439. The second-order valence-corrected chi connectivity index (χ2v) is 7.93. The molecular formula is C18H25NO8S. The maximum atomic E-state index is 12.5. The maximum absolute atomic E-state index is 12.5. The lowest BCUT2D eigenvalue weighted by molar-refractivity contribution is -0.148. The minimum atomic E-state index is -3.67. The van der Waals surface area contributed by atoms with Gasteiger partial charge in [0.25, 0.3) is 10.1 Å². The van der Waals surface area contributed by atoms with E-state index in [4.69, 9.17) is 18.4 Å². The molecule has 2 atom stereocenters. The number of esters is 1. The van der Waals surface area contributed by atoms with Gasteiger partial charge in [0, 0.05) is 0 Å². The normalized spacial score (nSPS) is 19.4. The molecule has 0 aromatic heterocycles. The first-order valence-corrected chi connectivity index (χ1v) is 10.7. The van der Waals surface area contributed by atoms with Gasteiger partial charge in [0.1, 0.15) is 13.2 Å². The van der Waals surface area contributed by atoms with Crippen LogP contribution in [0.3, 0.4) is 0 Å². The van der Waals surface area contributed by atoms with Crippen LogP contribution >= 0.6 is 0 Å². The number of carbonyl (C=O) groups is 2. The zero-order chi connectivity index (χ0) is 20.6. The molecule has 0 aliphatic carbocycles. The third kappa shape index (κ3) is 7.45. The van der Waals surface area contributed by atoms with Crippen LogP contribution in [0.5, 0.6) is 0 Å². The molecule has 1 aliphatic heterocycles. The van der Waals surface area contributed by atoms with Gasteiger partial charge in [-0.05, 0) is 18.9 Å². The Kier molecular flexibility index (Phi) is 8.21. The number of carbonyl (C=O) groups excluding carboxylic acids is 2. The van der Waals surface area contributed by atoms with Gasteiger partial charge in [0.2, 0.25) is 0 Å². The Balaban J connectivity index is 1.95. The smallest absolute Gasteiger partial charge is 0.410 e. The Labute approximate surface area is 164 Å². The monoisotopic (exact) mass is 415 g/mol. The second kappa shape index (κ2) is 10.4. The first-order chi connectivity index (χ1) is 13.3. The Morgan fingerprint density at radius 2 is 1.89 bits per heavy atom. The zero-order valence-electron chi connectivity index (χ0n) is 15.9. The van der Waals surface area contributed by atoms with Crippen LogP contribution in [0.4, 0.5) is 4.79 Å². The van der Waals surface area contributed by atoms with Gasteiger partial charge in [-0.25, -0.2) is 9.59 Å². The molecule has 0 N–H and O–H groups in total. The van der Waals surface area contributed by atoms with Crippen molar-refractivity contribution in [2.24, 2.45) is 0 Å². The van der Waals surface area contributed by atoms with Gasteiger partial charge in [0.15, 0.2) is 0 Å². The van der Waals surface area contributed by atoms with E-state index in [0.29, 0.717) is 0 Å². The minimum absolute atomic E-state index is 0.0306. The largest absolute Gasteiger partial charge is 0.464 e. The van der Waals surface area contributed by atoms with Gasteiger partial charge in [-0.3, -0.25) is 4.18 Å². The summed E-state index contributed by atoms with van der Waals surface area (Å²) in [6.45, 7) is 1.84. The fourth-order valence-corrected chi connectivity index (χ4v) is 3.49. The Morgan fingerprint density at radius 1 is 1.18 bits per heavy atom. The van der Waals surface area contributed by atoms with Crippen molar-refractivity contribution in [3.63, 3.8) is 0 Å². The molecule has 1 aliphatic rings. The fraction of sp³-hybridized carbons (Fsp3) is 0.556. The van der Waals surface area contributed by atoms with E-state index in [0.717, 1.165) is 11.8 Å². The summed E-state index contributed by atoms with van der Waals surface area (Å²) in [6, 6.07) is 8.70. The molecule has 1 aromatic carbocycles. The van der Waals surface area contributed by atoms with Crippen LogP contribution in [0.15, 0.2) is 30.3 Å². The number of rotatable bonds is 9. The van der Waals surface area contributed by atoms with E-state index < -0.39 is 34.3 Å². The summed E-state index contributed by atoms with van der Waals surface area (Å²) in [5.74, 6) is -0.511. The van der Waals surface area contributed by atoms with Crippen LogP contribution in [0.2, 0.25) is 0 Å². The SMILES string of the molecule is CCOC(=O)COC[C@@H]1C[C@@H](OS(C)(=O)=O)CN1C(=O)OCc1ccccc1. The number of hydrogen-bond donors (Lipinski definition) is 0. The van der Waals surface area contributed by atoms with Gasteiger partial charge >= 0.3 is 12.1 Å². The highest BCUT2D eigenvalue weighted by molar-refractivity contribution is 7.86. The molecule has 9 nitrogen and oxygen atoms in total. The molecular weight excluding hydrogens is 390 g/mol. The molecule has 2 rings (SSSR count). The zero-order valence-corrected chi connectivity index (χ0v) is 16.7. The lowest BCUT2D eigenvalue weighted by Crippen LogP contribution is -2.39. The standard InChI is InChI=1S/C18H25NO8S/c1-3-25-17(20)13-24-12-15-9-16(27-28(2,22)23)10-19(15)18(21)26-11-14-7-5-4-6-8-14/h4-8,15-16H,3,9-13H2,1-2H3/t15-,16+/m0/s1. The highest BCUT2D eigenvalue weighted by Crippen LogP contribution is 2.23. The second-order valence-electron chi connectivity index (χ2n) is 6.32. The van der Waals surface area contributed by atoms with Crippen molar-refractivity contribution in [3.05, 3.63) is 35.9 Å². The molecule has 0 saturated carbocycles. The summed E-state index contributed by atoms with van der Waals surface area (Å²) in [7, 11) is -3.67. The van der Waals surface area contributed by atoms with Gasteiger partial charge in [-0.2, -0.15) is 8.42 Å². The van der Waals surface area contributed by atoms with Crippen LogP contribution in [0.1, 0.15) is 18.9 Å². The summed E-state index contributed by atoms with van der Waals surface area (Å²) in [6.07, 6.45) is -0.102. The van der Waals surface area contributed by atoms with Crippen molar-refractivity contribution < 1.29 is 36.4 Å². The molecule has 0 unspecified atom stereocenters. The molecule has 10 heteroatoms. The summed E-state index contributed by atoms with van der Waals surface area (Å²) in [5.41, 5.74) is 0.828. The number of ether oxygens (including phenoxy) is 3. The highest BCUT2D eigenvalue weighted by atomic mass is 32.2. The number of likely N-dealkylation sites (tertiary alicyclic amines) is 1. The highest BCUT2D eigenvalue weighted by Gasteiger charge is 2.38. The third-order valence-corrected chi connectivity index (χ3v) is 4.58. The average molecular weight is 415 g/mol. The van der Waals surface area contributed by atoms with E-state index in [1.807, 2.05) is 30.3 Å². The molecule has 1 fully saturated rings. The van der Waals surface area contributed by atoms with Crippen molar-refractivity contribution in [2.75, 3.05) is 32.6 Å². The maximum Gasteiger partial charge on any atom is 0.410 e. The van der Waals surface area contributed by atoms with Crippen molar-refractivity contribution in [1.29, 1.82) is 0 Å². The van der Waals surface area contributed by atoms with E-state index in [-0.39, 0.29) is 39.4 Å². The first kappa shape index (κ1) is 22.1. The summed E-state index contributed by atoms with van der Waals surface area (Å²) >= 11 is 0. The van der Waals surface area contributed by atoms with E-state index >= 15 is 0 Å². The van der Waals surface area contributed by atoms with Crippen molar-refractivity contribution in [2.45, 2.75) is 32.1 Å². The van der Waals surface area contributed by atoms with Gasteiger partial charge < -0.3 is 19.1 Å². The van der Waals surface area contributed by atoms with Crippen molar-refractivity contribution in [3.8, 4) is 0 Å². The minimum Gasteiger partial charge on any atom is -0.464 e. The van der Waals surface area contributed by atoms with Gasteiger partial charge in [-0.1, -0.05) is 30.3 Å². The van der Waals surface area contributed by atoms with Gasteiger partial charge in [-0.15, -0.1) is 0 Å². The van der Waals surface area contributed by atoms with Crippen LogP contribution < -0.4 is 0 Å². The molecule has 0 spiro atoms.